The molecule has 2 aliphatic rings. The first kappa shape index (κ1) is 25.1. The van der Waals surface area contributed by atoms with E-state index in [0.29, 0.717) is 35.8 Å². The lowest BCUT2D eigenvalue weighted by atomic mass is 9.94. The fraction of sp³-hybridized carbons (Fsp3) is 0.640. The number of unbranched alkanes of at least 4 members (excludes halogenated alkanes) is 2. The number of nitriles is 1. The van der Waals surface area contributed by atoms with E-state index in [1.54, 1.807) is 12.1 Å². The zero-order chi connectivity index (χ0) is 24.8. The van der Waals surface area contributed by atoms with Crippen molar-refractivity contribution < 1.29 is 24.2 Å². The largest absolute Gasteiger partial charge is 0.463 e. The lowest BCUT2D eigenvalue weighted by Gasteiger charge is -2.24. The van der Waals surface area contributed by atoms with Gasteiger partial charge < -0.3 is 19.9 Å². The summed E-state index contributed by atoms with van der Waals surface area (Å²) >= 11 is 0. The number of anilines is 1. The van der Waals surface area contributed by atoms with Crippen molar-refractivity contribution in [1.29, 1.82) is 5.26 Å². The maximum atomic E-state index is 12.3. The molecule has 3 atom stereocenters. The zero-order valence-corrected chi connectivity index (χ0v) is 20.1. The molecular formula is C25H33N5O5. The van der Waals surface area contributed by atoms with Gasteiger partial charge in [0.15, 0.2) is 5.82 Å². The lowest BCUT2D eigenvalue weighted by molar-refractivity contribution is -0.150. The highest BCUT2D eigenvalue weighted by Crippen LogP contribution is 2.40. The number of hydrogen-bond donors (Lipinski definition) is 2. The molecule has 0 spiro atoms. The molecule has 35 heavy (non-hydrogen) atoms. The summed E-state index contributed by atoms with van der Waals surface area (Å²) in [6, 6.07) is 5.43. The Kier molecular flexibility index (Phi) is 7.98. The van der Waals surface area contributed by atoms with E-state index >= 15 is 0 Å². The number of nitrogens with zero attached hydrogens (tertiary/aromatic N) is 4. The van der Waals surface area contributed by atoms with Gasteiger partial charge in [-0.3, -0.25) is 9.59 Å². The van der Waals surface area contributed by atoms with Crippen molar-refractivity contribution in [2.24, 2.45) is 5.92 Å². The van der Waals surface area contributed by atoms with Crippen LogP contribution in [-0.4, -0.2) is 50.4 Å². The molecule has 1 saturated heterocycles. The van der Waals surface area contributed by atoms with Crippen LogP contribution < -0.4 is 5.32 Å². The number of aliphatic hydroxyl groups excluding tert-OH is 1. The topological polar surface area (TPSA) is 139 Å². The van der Waals surface area contributed by atoms with Gasteiger partial charge in [0.25, 0.3) is 0 Å². The van der Waals surface area contributed by atoms with Crippen LogP contribution >= 0.6 is 0 Å². The number of fused-ring (bicyclic) bond motifs is 1. The molecule has 0 radical (unpaired) electrons. The molecular weight excluding hydrogens is 450 g/mol. The van der Waals surface area contributed by atoms with Crippen molar-refractivity contribution in [3.8, 4) is 6.07 Å². The average Bonchev–Trinajstić information content (AvgIpc) is 3.58. The molecule has 1 aliphatic carbocycles. The number of hydrogen-bond acceptors (Lipinski definition) is 8. The molecule has 10 nitrogen and oxygen atoms in total. The fourth-order valence-electron chi connectivity index (χ4n) is 5.03. The van der Waals surface area contributed by atoms with Crippen LogP contribution in [0.4, 0.5) is 5.82 Å². The van der Waals surface area contributed by atoms with Gasteiger partial charge in [-0.2, -0.15) is 10.4 Å². The first-order valence-corrected chi connectivity index (χ1v) is 12.5. The summed E-state index contributed by atoms with van der Waals surface area (Å²) < 4.78 is 12.9. The van der Waals surface area contributed by atoms with Crippen molar-refractivity contribution in [2.45, 2.75) is 88.9 Å². The SMILES string of the molecule is CCCCCC(=O)Nc1ncnn2c([C@]3(C#N)O[C@@H](COC(=O)CC4CCCC4)C[C@H]3O)ccc12. The van der Waals surface area contributed by atoms with E-state index in [9.17, 15) is 20.0 Å². The van der Waals surface area contributed by atoms with Crippen LogP contribution in [0.2, 0.25) is 0 Å². The van der Waals surface area contributed by atoms with Crippen molar-refractivity contribution >= 4 is 23.2 Å². The summed E-state index contributed by atoms with van der Waals surface area (Å²) in [5.41, 5.74) is -0.875. The van der Waals surface area contributed by atoms with E-state index in [-0.39, 0.29) is 24.9 Å². The third-order valence-electron chi connectivity index (χ3n) is 6.93. The van der Waals surface area contributed by atoms with Crippen LogP contribution in [0.25, 0.3) is 5.52 Å². The summed E-state index contributed by atoms with van der Waals surface area (Å²) in [5.74, 6) is 0.285. The lowest BCUT2D eigenvalue weighted by Crippen LogP contribution is -2.36. The molecule has 1 saturated carbocycles. The molecule has 2 aromatic rings. The minimum atomic E-state index is -1.69. The Morgan fingerprint density at radius 1 is 1.34 bits per heavy atom. The van der Waals surface area contributed by atoms with Gasteiger partial charge in [-0.15, -0.1) is 0 Å². The second-order valence-corrected chi connectivity index (χ2v) is 9.51. The number of aliphatic hydroxyl groups is 1. The van der Waals surface area contributed by atoms with Crippen LogP contribution in [0, 0.1) is 17.2 Å². The summed E-state index contributed by atoms with van der Waals surface area (Å²) in [5, 5.41) is 28.0. The molecule has 188 valence electrons. The first-order chi connectivity index (χ1) is 17.0. The van der Waals surface area contributed by atoms with Crippen LogP contribution in [0.1, 0.15) is 76.8 Å². The van der Waals surface area contributed by atoms with Crippen LogP contribution in [-0.2, 0) is 24.7 Å². The number of esters is 1. The Labute approximate surface area is 204 Å². The minimum absolute atomic E-state index is 0.0244. The molecule has 1 amide bonds. The van der Waals surface area contributed by atoms with E-state index in [1.807, 2.05) is 0 Å². The molecule has 10 heteroatoms. The third-order valence-corrected chi connectivity index (χ3v) is 6.93. The Bertz CT molecular complexity index is 1090. The van der Waals surface area contributed by atoms with Crippen LogP contribution in [0.3, 0.4) is 0 Å². The van der Waals surface area contributed by atoms with Gasteiger partial charge in [0, 0.05) is 19.3 Å². The molecule has 2 aromatic heterocycles. The minimum Gasteiger partial charge on any atom is -0.463 e. The molecule has 2 fully saturated rings. The van der Waals surface area contributed by atoms with Crippen LogP contribution in [0.5, 0.6) is 0 Å². The smallest absolute Gasteiger partial charge is 0.306 e. The van der Waals surface area contributed by atoms with Gasteiger partial charge in [0.2, 0.25) is 11.5 Å². The number of nitrogens with one attached hydrogen (secondary N) is 1. The second-order valence-electron chi connectivity index (χ2n) is 9.51. The molecule has 3 heterocycles. The Morgan fingerprint density at radius 2 is 2.14 bits per heavy atom. The van der Waals surface area contributed by atoms with Crippen LogP contribution in [0.15, 0.2) is 18.5 Å². The number of ether oxygens (including phenoxy) is 2. The highest BCUT2D eigenvalue weighted by Gasteiger charge is 2.52. The first-order valence-electron chi connectivity index (χ1n) is 12.5. The van der Waals surface area contributed by atoms with Gasteiger partial charge in [0.05, 0.1) is 11.8 Å². The Morgan fingerprint density at radius 3 is 2.89 bits per heavy atom. The summed E-state index contributed by atoms with van der Waals surface area (Å²) in [6.07, 6.45) is 7.63. The van der Waals surface area contributed by atoms with Gasteiger partial charge in [-0.1, -0.05) is 32.6 Å². The summed E-state index contributed by atoms with van der Waals surface area (Å²) in [6.45, 7) is 2.05. The molecule has 2 N–H and O–H groups in total. The van der Waals surface area contributed by atoms with Gasteiger partial charge in [0.1, 0.15) is 30.6 Å². The number of amides is 1. The number of carbonyl (C=O) groups excluding carboxylic acids is 2. The van der Waals surface area contributed by atoms with E-state index in [0.717, 1.165) is 44.9 Å². The number of aromatic nitrogens is 3. The van der Waals surface area contributed by atoms with Gasteiger partial charge in [-0.25, -0.2) is 9.50 Å². The van der Waals surface area contributed by atoms with E-state index in [1.165, 1.54) is 10.8 Å². The molecule has 1 aliphatic heterocycles. The normalized spacial score (nSPS) is 24.5. The zero-order valence-electron chi connectivity index (χ0n) is 20.1. The Balaban J connectivity index is 1.46. The fourth-order valence-corrected chi connectivity index (χ4v) is 5.03. The van der Waals surface area contributed by atoms with E-state index < -0.39 is 17.8 Å². The standard InChI is InChI=1S/C25H33N5O5/c1-2-3-4-9-22(32)29-24-19-10-11-20(30(19)28-16-27-24)25(15-26)21(31)13-18(35-25)14-34-23(33)12-17-7-5-6-8-17/h10-11,16-18,21,31H,2-9,12-14H2,1H3,(H,27,28,29,32)/t18-,21-,25+/m1/s1. The quantitative estimate of drug-likeness (QED) is 0.388. The molecule has 4 rings (SSSR count). The highest BCUT2D eigenvalue weighted by molar-refractivity contribution is 5.93. The predicted molar refractivity (Wildman–Crippen MR) is 126 cm³/mol. The highest BCUT2D eigenvalue weighted by atomic mass is 16.6. The monoisotopic (exact) mass is 483 g/mol. The molecule has 0 aromatic carbocycles. The number of carbonyl (C=O) groups is 2. The van der Waals surface area contributed by atoms with Gasteiger partial charge >= 0.3 is 5.97 Å². The number of rotatable bonds is 10. The summed E-state index contributed by atoms with van der Waals surface area (Å²) in [7, 11) is 0. The maximum Gasteiger partial charge on any atom is 0.306 e. The third kappa shape index (κ3) is 5.46. The van der Waals surface area contributed by atoms with Gasteiger partial charge in [-0.05, 0) is 37.3 Å². The van der Waals surface area contributed by atoms with Crippen molar-refractivity contribution in [1.82, 2.24) is 14.6 Å². The van der Waals surface area contributed by atoms with Crippen molar-refractivity contribution in [3.63, 3.8) is 0 Å². The van der Waals surface area contributed by atoms with Crippen molar-refractivity contribution in [2.75, 3.05) is 11.9 Å². The average molecular weight is 484 g/mol. The molecule has 0 bridgehead atoms. The Hall–Kier alpha value is -3.03. The molecule has 0 unspecified atom stereocenters. The second kappa shape index (κ2) is 11.1. The van der Waals surface area contributed by atoms with Crippen molar-refractivity contribution in [3.05, 3.63) is 24.2 Å². The maximum absolute atomic E-state index is 12.3. The summed E-state index contributed by atoms with van der Waals surface area (Å²) in [4.78, 5) is 28.7. The van der Waals surface area contributed by atoms with E-state index in [4.69, 9.17) is 9.47 Å². The van der Waals surface area contributed by atoms with E-state index in [2.05, 4.69) is 28.4 Å². The predicted octanol–water partition coefficient (Wildman–Crippen LogP) is 3.24.